The summed E-state index contributed by atoms with van der Waals surface area (Å²) in [6.07, 6.45) is 3.32. The molecule has 1 rings (SSSR count). The Morgan fingerprint density at radius 3 is 2.17 bits per heavy atom. The maximum Gasteiger partial charge on any atom is 0.0361 e. The smallest absolute Gasteiger partial charge is 0.0361 e. The highest BCUT2D eigenvalue weighted by Crippen LogP contribution is 2.13. The molecule has 0 N–H and O–H groups in total. The van der Waals surface area contributed by atoms with E-state index in [0.29, 0.717) is 0 Å². The van der Waals surface area contributed by atoms with Crippen molar-refractivity contribution in [2.75, 3.05) is 19.0 Å². The lowest BCUT2D eigenvalue weighted by Crippen LogP contribution is -2.08. The van der Waals surface area contributed by atoms with Crippen LogP contribution in [0, 0.1) is 6.42 Å². The maximum atomic E-state index is 2.22. The number of nitrogens with zero attached hydrogens (tertiary/aromatic N) is 1. The first-order chi connectivity index (χ1) is 5.74. The van der Waals surface area contributed by atoms with E-state index in [4.69, 9.17) is 0 Å². The highest BCUT2D eigenvalue weighted by molar-refractivity contribution is 5.47. The zero-order valence-corrected chi connectivity index (χ0v) is 8.04. The summed E-state index contributed by atoms with van der Waals surface area (Å²) in [4.78, 5) is 2.11. The number of hydrogen-bond donors (Lipinski definition) is 0. The molecule has 0 saturated heterocycles. The van der Waals surface area contributed by atoms with Gasteiger partial charge >= 0.3 is 0 Å². The molecule has 0 atom stereocenters. The van der Waals surface area contributed by atoms with Gasteiger partial charge in [-0.25, -0.2) is 0 Å². The van der Waals surface area contributed by atoms with Crippen molar-refractivity contribution in [1.29, 1.82) is 0 Å². The number of rotatable bonds is 3. The molecule has 1 aromatic rings. The average molecular weight is 162 g/mol. The molecule has 0 bridgehead atoms. The van der Waals surface area contributed by atoms with Crippen molar-refractivity contribution in [3.63, 3.8) is 0 Å². The quantitative estimate of drug-likeness (QED) is 0.660. The molecule has 65 valence electrons. The molecule has 0 aliphatic heterocycles. The van der Waals surface area contributed by atoms with Gasteiger partial charge in [0, 0.05) is 19.8 Å². The molecule has 0 aliphatic carbocycles. The Morgan fingerprint density at radius 2 is 1.75 bits per heavy atom. The van der Waals surface area contributed by atoms with E-state index in [1.165, 1.54) is 11.3 Å². The van der Waals surface area contributed by atoms with Crippen molar-refractivity contribution in [1.82, 2.24) is 0 Å². The molecule has 0 heterocycles. The normalized spacial score (nSPS) is 9.92. The molecule has 0 fully saturated rings. The minimum Gasteiger partial charge on any atom is -0.378 e. The van der Waals surface area contributed by atoms with Crippen LogP contribution < -0.4 is 4.90 Å². The van der Waals surface area contributed by atoms with E-state index in [0.717, 1.165) is 6.42 Å². The zero-order valence-electron chi connectivity index (χ0n) is 8.04. The van der Waals surface area contributed by atoms with Crippen molar-refractivity contribution in [3.8, 4) is 0 Å². The first-order valence-corrected chi connectivity index (χ1v) is 4.34. The molecule has 1 nitrogen and oxygen atoms in total. The molecular formula is C11H16N. The van der Waals surface area contributed by atoms with E-state index in [1.54, 1.807) is 0 Å². The van der Waals surface area contributed by atoms with Gasteiger partial charge in [-0.1, -0.05) is 19.1 Å². The molecule has 1 heteroatoms. The molecular weight excluding hydrogens is 146 g/mol. The van der Waals surface area contributed by atoms with Gasteiger partial charge in [0.1, 0.15) is 0 Å². The first kappa shape index (κ1) is 9.11. The molecule has 0 aliphatic rings. The fourth-order valence-corrected chi connectivity index (χ4v) is 1.14. The molecule has 0 unspecified atom stereocenters. The first-order valence-electron chi connectivity index (χ1n) is 4.34. The van der Waals surface area contributed by atoms with Gasteiger partial charge in [-0.15, -0.1) is 0 Å². The molecule has 0 saturated carbocycles. The van der Waals surface area contributed by atoms with Gasteiger partial charge < -0.3 is 4.90 Å². The van der Waals surface area contributed by atoms with Crippen molar-refractivity contribution in [2.45, 2.75) is 13.3 Å². The molecule has 12 heavy (non-hydrogen) atoms. The van der Waals surface area contributed by atoms with Gasteiger partial charge in [0.25, 0.3) is 0 Å². The summed E-state index contributed by atoms with van der Waals surface area (Å²) in [7, 11) is 4.11. The minimum atomic E-state index is 1.10. The van der Waals surface area contributed by atoms with Crippen molar-refractivity contribution in [2.24, 2.45) is 0 Å². The zero-order chi connectivity index (χ0) is 8.97. The van der Waals surface area contributed by atoms with Crippen LogP contribution in [-0.2, 0) is 0 Å². The lowest BCUT2D eigenvalue weighted by Gasteiger charge is -2.12. The van der Waals surface area contributed by atoms with E-state index in [2.05, 4.69) is 56.6 Å². The second-order valence-electron chi connectivity index (χ2n) is 3.10. The SMILES string of the molecule is CC[CH]c1ccc(N(C)C)cc1. The van der Waals surface area contributed by atoms with Crippen LogP contribution in [-0.4, -0.2) is 14.1 Å². The van der Waals surface area contributed by atoms with Gasteiger partial charge in [0.05, 0.1) is 0 Å². The summed E-state index contributed by atoms with van der Waals surface area (Å²) in [5.74, 6) is 0. The highest BCUT2D eigenvalue weighted by Gasteiger charge is 1.94. The number of anilines is 1. The topological polar surface area (TPSA) is 3.24 Å². The Balaban J connectivity index is 2.71. The minimum absolute atomic E-state index is 1.10. The average Bonchev–Trinajstić information content (AvgIpc) is 2.06. The van der Waals surface area contributed by atoms with Crippen LogP contribution in [0.2, 0.25) is 0 Å². The van der Waals surface area contributed by atoms with E-state index < -0.39 is 0 Å². The predicted molar refractivity (Wildman–Crippen MR) is 54.5 cm³/mol. The fourth-order valence-electron chi connectivity index (χ4n) is 1.14. The van der Waals surface area contributed by atoms with Crippen molar-refractivity contribution >= 4 is 5.69 Å². The lowest BCUT2D eigenvalue weighted by atomic mass is 10.1. The second-order valence-corrected chi connectivity index (χ2v) is 3.10. The van der Waals surface area contributed by atoms with Crippen LogP contribution in [0.4, 0.5) is 5.69 Å². The summed E-state index contributed by atoms with van der Waals surface area (Å²) >= 11 is 0. The van der Waals surface area contributed by atoms with Crippen LogP contribution in [0.5, 0.6) is 0 Å². The van der Waals surface area contributed by atoms with Gasteiger partial charge in [-0.3, -0.25) is 0 Å². The third-order valence-corrected chi connectivity index (χ3v) is 1.85. The molecule has 1 radical (unpaired) electrons. The summed E-state index contributed by atoms with van der Waals surface area (Å²) < 4.78 is 0. The summed E-state index contributed by atoms with van der Waals surface area (Å²) in [6, 6.07) is 8.58. The standard InChI is InChI=1S/C11H16N/c1-4-5-10-6-8-11(9-7-10)12(2)3/h5-9H,4H2,1-3H3. The Labute approximate surface area is 75.0 Å². The summed E-state index contributed by atoms with van der Waals surface area (Å²) in [6.45, 7) is 2.15. The van der Waals surface area contributed by atoms with Gasteiger partial charge in [-0.2, -0.15) is 0 Å². The predicted octanol–water partition coefficient (Wildman–Crippen LogP) is 2.71. The maximum absolute atomic E-state index is 2.22. The monoisotopic (exact) mass is 162 g/mol. The number of benzene rings is 1. The summed E-state index contributed by atoms with van der Waals surface area (Å²) in [5, 5.41) is 0. The molecule has 0 amide bonds. The third-order valence-electron chi connectivity index (χ3n) is 1.85. The van der Waals surface area contributed by atoms with Crippen LogP contribution in [0.3, 0.4) is 0 Å². The van der Waals surface area contributed by atoms with Gasteiger partial charge in [0.15, 0.2) is 0 Å². The van der Waals surface area contributed by atoms with E-state index in [9.17, 15) is 0 Å². The Hall–Kier alpha value is -0.980. The van der Waals surface area contributed by atoms with Crippen LogP contribution in [0.15, 0.2) is 24.3 Å². The van der Waals surface area contributed by atoms with Crippen LogP contribution in [0.1, 0.15) is 18.9 Å². The largest absolute Gasteiger partial charge is 0.378 e. The lowest BCUT2D eigenvalue weighted by molar-refractivity contribution is 1.11. The second kappa shape index (κ2) is 4.15. The fraction of sp³-hybridized carbons (Fsp3) is 0.364. The highest BCUT2D eigenvalue weighted by atomic mass is 15.1. The third kappa shape index (κ3) is 2.26. The van der Waals surface area contributed by atoms with Crippen LogP contribution >= 0.6 is 0 Å². The Kier molecular flexibility index (Phi) is 3.15. The van der Waals surface area contributed by atoms with E-state index >= 15 is 0 Å². The van der Waals surface area contributed by atoms with Crippen LogP contribution in [0.25, 0.3) is 0 Å². The van der Waals surface area contributed by atoms with Gasteiger partial charge in [-0.05, 0) is 30.5 Å². The Morgan fingerprint density at radius 1 is 1.17 bits per heavy atom. The van der Waals surface area contributed by atoms with Gasteiger partial charge in [0.2, 0.25) is 0 Å². The molecule has 0 aromatic heterocycles. The summed E-state index contributed by atoms with van der Waals surface area (Å²) in [5.41, 5.74) is 2.56. The number of hydrogen-bond acceptors (Lipinski definition) is 1. The Bertz CT molecular complexity index is 223. The van der Waals surface area contributed by atoms with E-state index in [1.807, 2.05) is 0 Å². The molecule has 1 aromatic carbocycles. The van der Waals surface area contributed by atoms with E-state index in [-0.39, 0.29) is 0 Å². The molecule has 0 spiro atoms. The van der Waals surface area contributed by atoms with Crippen molar-refractivity contribution in [3.05, 3.63) is 36.2 Å². The van der Waals surface area contributed by atoms with Crippen molar-refractivity contribution < 1.29 is 0 Å².